The molecule has 0 N–H and O–H groups in total. The molecule has 1 heterocycles. The van der Waals surface area contributed by atoms with Crippen molar-refractivity contribution in [3.05, 3.63) is 47.5 Å². The lowest BCUT2D eigenvalue weighted by Gasteiger charge is -2.20. The number of hydrogen-bond acceptors (Lipinski definition) is 5. The molecule has 0 spiro atoms. The predicted octanol–water partition coefficient (Wildman–Crippen LogP) is -0.528. The van der Waals surface area contributed by atoms with Crippen molar-refractivity contribution in [2.75, 3.05) is 6.61 Å². The second kappa shape index (κ2) is 5.24. The van der Waals surface area contributed by atoms with Crippen LogP contribution in [0.3, 0.4) is 0 Å². The Bertz CT molecular complexity index is 531. The van der Waals surface area contributed by atoms with Crippen molar-refractivity contribution in [1.82, 2.24) is 0 Å². The Morgan fingerprint density at radius 3 is 2.58 bits per heavy atom. The number of aromatic carboxylic acids is 2. The molecular weight excluding hydrogens is 248 g/mol. The van der Waals surface area contributed by atoms with E-state index in [-0.39, 0.29) is 23.1 Å². The smallest absolute Gasteiger partial charge is 0.0818 e. The van der Waals surface area contributed by atoms with Crippen molar-refractivity contribution >= 4 is 11.9 Å². The topological polar surface area (TPSA) is 92.8 Å². The number of rotatable bonds is 6. The first-order valence-corrected chi connectivity index (χ1v) is 5.84. The van der Waals surface area contributed by atoms with E-state index >= 15 is 0 Å². The van der Waals surface area contributed by atoms with Gasteiger partial charge >= 0.3 is 0 Å². The van der Waals surface area contributed by atoms with Gasteiger partial charge in [-0.2, -0.15) is 0 Å². The highest BCUT2D eigenvalue weighted by Crippen LogP contribution is 2.31. The summed E-state index contributed by atoms with van der Waals surface area (Å²) >= 11 is 0. The van der Waals surface area contributed by atoms with Gasteiger partial charge < -0.3 is 24.5 Å². The molecule has 1 fully saturated rings. The van der Waals surface area contributed by atoms with Gasteiger partial charge in [-0.25, -0.2) is 0 Å². The molecule has 2 atom stereocenters. The summed E-state index contributed by atoms with van der Waals surface area (Å²) in [4.78, 5) is 22.2. The van der Waals surface area contributed by atoms with Crippen molar-refractivity contribution in [2.45, 2.75) is 18.4 Å². The molecule has 1 saturated heterocycles. The van der Waals surface area contributed by atoms with Crippen LogP contribution in [0.2, 0.25) is 0 Å². The molecule has 0 saturated carbocycles. The third-order valence-electron chi connectivity index (χ3n) is 3.12. The Labute approximate surface area is 110 Å². The normalized spacial score (nSPS) is 18.6. The summed E-state index contributed by atoms with van der Waals surface area (Å²) in [6.45, 7) is 4.29. The molecule has 0 amide bonds. The Balaban J connectivity index is 2.47. The van der Waals surface area contributed by atoms with E-state index in [1.54, 1.807) is 12.1 Å². The molecule has 19 heavy (non-hydrogen) atoms. The summed E-state index contributed by atoms with van der Waals surface area (Å²) in [5, 5.41) is 22.2. The first-order chi connectivity index (χ1) is 9.04. The van der Waals surface area contributed by atoms with Crippen molar-refractivity contribution < 1.29 is 24.5 Å². The summed E-state index contributed by atoms with van der Waals surface area (Å²) in [6, 6.07) is 4.24. The quantitative estimate of drug-likeness (QED) is 0.506. The molecule has 2 rings (SSSR count). The maximum Gasteiger partial charge on any atom is 0.0818 e. The van der Waals surface area contributed by atoms with Crippen LogP contribution < -0.4 is 10.2 Å². The SMILES string of the molecule is C=CC(CC1CO1)c1cccc(C(=O)[O-])c1C(=O)[O-]. The highest BCUT2D eigenvalue weighted by Gasteiger charge is 2.27. The van der Waals surface area contributed by atoms with E-state index in [0.29, 0.717) is 18.6 Å². The zero-order chi connectivity index (χ0) is 14.0. The first-order valence-electron chi connectivity index (χ1n) is 5.84. The van der Waals surface area contributed by atoms with Gasteiger partial charge in [0.1, 0.15) is 0 Å². The number of carbonyl (C=O) groups is 2. The minimum absolute atomic E-state index is 0.0733. The van der Waals surface area contributed by atoms with Gasteiger partial charge in [0.25, 0.3) is 0 Å². The zero-order valence-corrected chi connectivity index (χ0v) is 10.1. The van der Waals surface area contributed by atoms with Crippen LogP contribution in [0, 0.1) is 0 Å². The lowest BCUT2D eigenvalue weighted by molar-refractivity contribution is -0.259. The van der Waals surface area contributed by atoms with Gasteiger partial charge in [-0.1, -0.05) is 24.3 Å². The van der Waals surface area contributed by atoms with Crippen LogP contribution in [0.4, 0.5) is 0 Å². The van der Waals surface area contributed by atoms with Crippen LogP contribution in [-0.4, -0.2) is 24.6 Å². The van der Waals surface area contributed by atoms with Crippen molar-refractivity contribution in [3.8, 4) is 0 Å². The van der Waals surface area contributed by atoms with Crippen molar-refractivity contribution in [2.24, 2.45) is 0 Å². The molecule has 1 aliphatic heterocycles. The fourth-order valence-electron chi connectivity index (χ4n) is 2.11. The number of carboxylic acid groups (broad SMARTS) is 2. The van der Waals surface area contributed by atoms with Gasteiger partial charge in [0, 0.05) is 17.0 Å². The molecule has 0 aromatic heterocycles. The number of ether oxygens (including phenoxy) is 1. The summed E-state index contributed by atoms with van der Waals surface area (Å²) < 4.78 is 5.10. The Hall–Kier alpha value is -2.14. The molecule has 1 aromatic carbocycles. The summed E-state index contributed by atoms with van der Waals surface area (Å²) in [7, 11) is 0. The molecule has 0 aliphatic carbocycles. The van der Waals surface area contributed by atoms with Crippen LogP contribution in [0.15, 0.2) is 30.9 Å². The molecule has 5 heteroatoms. The van der Waals surface area contributed by atoms with Crippen LogP contribution >= 0.6 is 0 Å². The first kappa shape index (κ1) is 13.3. The number of carbonyl (C=O) groups excluding carboxylic acids is 2. The van der Waals surface area contributed by atoms with Gasteiger partial charge in [0.15, 0.2) is 0 Å². The number of epoxide rings is 1. The largest absolute Gasteiger partial charge is 0.545 e. The van der Waals surface area contributed by atoms with Crippen molar-refractivity contribution in [1.29, 1.82) is 0 Å². The maximum atomic E-state index is 11.2. The third kappa shape index (κ3) is 2.82. The number of benzene rings is 1. The second-order valence-electron chi connectivity index (χ2n) is 4.38. The average molecular weight is 260 g/mol. The van der Waals surface area contributed by atoms with Crippen LogP contribution in [0.1, 0.15) is 38.6 Å². The molecule has 2 unspecified atom stereocenters. The lowest BCUT2D eigenvalue weighted by Crippen LogP contribution is -2.31. The van der Waals surface area contributed by atoms with Gasteiger partial charge in [-0.05, 0) is 12.0 Å². The van der Waals surface area contributed by atoms with E-state index in [2.05, 4.69) is 6.58 Å². The van der Waals surface area contributed by atoms with Crippen LogP contribution in [-0.2, 0) is 4.74 Å². The van der Waals surface area contributed by atoms with E-state index in [4.69, 9.17) is 4.74 Å². The molecule has 0 radical (unpaired) electrons. The number of hydrogen-bond donors (Lipinski definition) is 0. The van der Waals surface area contributed by atoms with E-state index in [9.17, 15) is 19.8 Å². The van der Waals surface area contributed by atoms with Gasteiger partial charge in [0.05, 0.1) is 24.6 Å². The molecule has 1 aromatic rings. The minimum atomic E-state index is -1.54. The van der Waals surface area contributed by atoms with Crippen LogP contribution in [0.25, 0.3) is 0 Å². The Morgan fingerprint density at radius 2 is 2.11 bits per heavy atom. The fourth-order valence-corrected chi connectivity index (χ4v) is 2.11. The van der Waals surface area contributed by atoms with E-state index in [1.807, 2.05) is 0 Å². The van der Waals surface area contributed by atoms with E-state index < -0.39 is 11.9 Å². The summed E-state index contributed by atoms with van der Waals surface area (Å²) in [5.41, 5.74) is -0.346. The summed E-state index contributed by atoms with van der Waals surface area (Å²) in [6.07, 6.45) is 2.23. The standard InChI is InChI=1S/C14H14O5/c1-2-8(6-9-7-19-9)10-4-3-5-11(13(15)16)12(10)14(17)18/h2-5,8-9H,1,6-7H2,(H,15,16)(H,17,18)/p-2. The molecular formula is C14H12O5-2. The van der Waals surface area contributed by atoms with Crippen LogP contribution in [0.5, 0.6) is 0 Å². The molecule has 100 valence electrons. The molecule has 5 nitrogen and oxygen atoms in total. The highest BCUT2D eigenvalue weighted by atomic mass is 16.6. The lowest BCUT2D eigenvalue weighted by atomic mass is 9.88. The highest BCUT2D eigenvalue weighted by molar-refractivity contribution is 6.01. The summed E-state index contributed by atoms with van der Waals surface area (Å²) in [5.74, 6) is -3.36. The van der Waals surface area contributed by atoms with Gasteiger partial charge in [0.2, 0.25) is 0 Å². The number of allylic oxidation sites excluding steroid dienone is 1. The fraction of sp³-hybridized carbons (Fsp3) is 0.286. The Kier molecular flexibility index (Phi) is 3.66. The predicted molar refractivity (Wildman–Crippen MR) is 62.4 cm³/mol. The Morgan fingerprint density at radius 1 is 1.42 bits per heavy atom. The van der Waals surface area contributed by atoms with Gasteiger partial charge in [-0.15, -0.1) is 6.58 Å². The van der Waals surface area contributed by atoms with E-state index in [1.165, 1.54) is 12.1 Å². The zero-order valence-electron chi connectivity index (χ0n) is 10.1. The monoisotopic (exact) mass is 260 g/mol. The second-order valence-corrected chi connectivity index (χ2v) is 4.38. The van der Waals surface area contributed by atoms with Crippen molar-refractivity contribution in [3.63, 3.8) is 0 Å². The van der Waals surface area contributed by atoms with E-state index in [0.717, 1.165) is 0 Å². The van der Waals surface area contributed by atoms with Gasteiger partial charge in [-0.3, -0.25) is 0 Å². The molecule has 0 bridgehead atoms. The minimum Gasteiger partial charge on any atom is -0.545 e. The maximum absolute atomic E-state index is 11.2. The molecule has 1 aliphatic rings. The average Bonchev–Trinajstić information content (AvgIpc) is 3.18. The third-order valence-corrected chi connectivity index (χ3v) is 3.12. The number of carboxylic acids is 2.